The number of imidazole rings is 1. The van der Waals surface area contributed by atoms with Gasteiger partial charge in [-0.25, -0.2) is 0 Å². The monoisotopic (exact) mass is 856 g/mol. The number of nitrogens with zero attached hydrogens (tertiary/aromatic N) is 3. The van der Waals surface area contributed by atoms with Gasteiger partial charge in [-0.15, -0.1) is 53.6 Å². The van der Waals surface area contributed by atoms with E-state index in [1.807, 2.05) is 36.4 Å². The van der Waals surface area contributed by atoms with Crippen LogP contribution in [0.1, 0.15) is 11.1 Å². The Morgan fingerprint density at radius 3 is 2.27 bits per heavy atom. The van der Waals surface area contributed by atoms with Gasteiger partial charge in [0, 0.05) is 37.4 Å². The van der Waals surface area contributed by atoms with Crippen LogP contribution in [0.3, 0.4) is 0 Å². The largest absolute Gasteiger partial charge is 0.501 e. The fraction of sp³-hybridized carbons (Fsp3) is 0.111. The summed E-state index contributed by atoms with van der Waals surface area (Å²) in [6.07, 6.45) is 2.06. The summed E-state index contributed by atoms with van der Waals surface area (Å²) < 4.78 is 8.52. The fourth-order valence-corrected chi connectivity index (χ4v) is 8.48. The van der Waals surface area contributed by atoms with Crippen molar-refractivity contribution < 1.29 is 24.5 Å². The molecule has 0 fully saturated rings. The van der Waals surface area contributed by atoms with Crippen LogP contribution in [0.15, 0.2) is 138 Å². The molecule has 4 nitrogen and oxygen atoms in total. The van der Waals surface area contributed by atoms with Gasteiger partial charge in [0.15, 0.2) is 0 Å². The smallest absolute Gasteiger partial charge is 0.120 e. The standard InChI is InChI=1S/C29H17N2O.C16H20NSi.Ir/c1-2-9-20-18-21(17-16-19(20)8-1)31-26-14-5-4-13-25(26)30-29(31)24-12-7-11-23-22-10-3-6-15-27(22)32-28(23)24;1-12-6-8-14(9-7-12)15-10-13(2)16(11-17-15)18(3,4)5;/h1-11,13-18H;6-8,10-11H,1-5H3;/q2*-1;. The Bertz CT molecular complexity index is 2670. The number of furan rings is 1. The molecule has 0 amide bonds. The quantitative estimate of drug-likeness (QED) is 0.131. The van der Waals surface area contributed by atoms with Gasteiger partial charge in [-0.3, -0.25) is 4.98 Å². The maximum Gasteiger partial charge on any atom is 0.120 e. The topological polar surface area (TPSA) is 43.9 Å². The van der Waals surface area contributed by atoms with Gasteiger partial charge in [0.2, 0.25) is 0 Å². The average molecular weight is 856 g/mol. The Kier molecular flexibility index (Phi) is 9.34. The molecule has 9 aromatic rings. The van der Waals surface area contributed by atoms with Crippen molar-refractivity contribution in [2.75, 3.05) is 0 Å². The van der Waals surface area contributed by atoms with Crippen molar-refractivity contribution in [2.45, 2.75) is 33.5 Å². The van der Waals surface area contributed by atoms with E-state index in [2.05, 4.69) is 152 Å². The predicted octanol–water partition coefficient (Wildman–Crippen LogP) is 11.3. The molecule has 1 radical (unpaired) electrons. The summed E-state index contributed by atoms with van der Waals surface area (Å²) in [6, 6.07) is 50.4. The Balaban J connectivity index is 0.000000184. The molecule has 0 saturated carbocycles. The summed E-state index contributed by atoms with van der Waals surface area (Å²) in [5.41, 5.74) is 10.3. The van der Waals surface area contributed by atoms with Gasteiger partial charge in [0.1, 0.15) is 5.58 Å². The van der Waals surface area contributed by atoms with Gasteiger partial charge in [-0.1, -0.05) is 110 Å². The van der Waals surface area contributed by atoms with Crippen LogP contribution in [-0.4, -0.2) is 22.6 Å². The summed E-state index contributed by atoms with van der Waals surface area (Å²) in [7, 11) is -1.28. The number of para-hydroxylation sites is 3. The van der Waals surface area contributed by atoms with E-state index in [1.165, 1.54) is 27.1 Å². The van der Waals surface area contributed by atoms with E-state index in [0.29, 0.717) is 0 Å². The first-order valence-corrected chi connectivity index (χ1v) is 20.5. The Hall–Kier alpha value is -5.13. The van der Waals surface area contributed by atoms with Crippen molar-refractivity contribution in [2.24, 2.45) is 0 Å². The number of benzene rings is 6. The Labute approximate surface area is 313 Å². The van der Waals surface area contributed by atoms with E-state index in [4.69, 9.17) is 9.40 Å². The second kappa shape index (κ2) is 13.9. The van der Waals surface area contributed by atoms with E-state index in [9.17, 15) is 0 Å². The molecule has 0 saturated heterocycles. The molecular weight excluding hydrogens is 819 g/mol. The number of rotatable bonds is 4. The zero-order valence-electron chi connectivity index (χ0n) is 29.3. The molecule has 6 heteroatoms. The van der Waals surface area contributed by atoms with Crippen LogP contribution in [0.5, 0.6) is 0 Å². The molecule has 0 atom stereocenters. The molecule has 0 aliphatic heterocycles. The SMILES string of the molecule is Cc1c[c-]c(-c2cc(C)c([Si](C)(C)C)cn2)cc1.[Ir].[c-]1ccc2c(oc3ccccc32)c1-c1nc2ccccc2n1-c1ccc2ccccc2c1. The van der Waals surface area contributed by atoms with Crippen molar-refractivity contribution >= 4 is 57.0 Å². The molecule has 0 N–H and O–H groups in total. The van der Waals surface area contributed by atoms with Crippen molar-refractivity contribution in [3.05, 3.63) is 157 Å². The van der Waals surface area contributed by atoms with Gasteiger partial charge < -0.3 is 14.0 Å². The van der Waals surface area contributed by atoms with Crippen molar-refractivity contribution in [1.82, 2.24) is 14.5 Å². The molecule has 0 bridgehead atoms. The molecule has 253 valence electrons. The molecule has 0 aliphatic rings. The third kappa shape index (κ3) is 6.59. The Morgan fingerprint density at radius 2 is 1.49 bits per heavy atom. The molecule has 6 aromatic carbocycles. The van der Waals surface area contributed by atoms with Gasteiger partial charge in [-0.05, 0) is 58.9 Å². The van der Waals surface area contributed by atoms with Crippen molar-refractivity contribution in [3.63, 3.8) is 0 Å². The number of hydrogen-bond donors (Lipinski definition) is 0. The fourth-order valence-electron chi connectivity index (χ4n) is 6.78. The minimum Gasteiger partial charge on any atom is -0.501 e. The second-order valence-electron chi connectivity index (χ2n) is 13.9. The third-order valence-corrected chi connectivity index (χ3v) is 11.4. The maximum atomic E-state index is 6.31. The van der Waals surface area contributed by atoms with E-state index in [-0.39, 0.29) is 20.1 Å². The van der Waals surface area contributed by atoms with Crippen LogP contribution in [0.2, 0.25) is 19.6 Å². The zero-order valence-corrected chi connectivity index (χ0v) is 32.7. The molecule has 0 aliphatic carbocycles. The van der Waals surface area contributed by atoms with Crippen LogP contribution < -0.4 is 5.19 Å². The second-order valence-corrected chi connectivity index (χ2v) is 18.9. The summed E-state index contributed by atoms with van der Waals surface area (Å²) >= 11 is 0. The Morgan fingerprint density at radius 1 is 0.725 bits per heavy atom. The van der Waals surface area contributed by atoms with E-state index in [1.54, 1.807) is 0 Å². The molecular formula is C45H37IrN3OSi-2. The number of hydrogen-bond acceptors (Lipinski definition) is 3. The molecule has 51 heavy (non-hydrogen) atoms. The normalized spacial score (nSPS) is 11.5. The van der Waals surface area contributed by atoms with Gasteiger partial charge in [0.25, 0.3) is 0 Å². The number of pyridine rings is 1. The van der Waals surface area contributed by atoms with Crippen LogP contribution in [0, 0.1) is 26.0 Å². The van der Waals surface area contributed by atoms with Crippen LogP contribution in [0.4, 0.5) is 0 Å². The summed E-state index contributed by atoms with van der Waals surface area (Å²) in [4.78, 5) is 9.64. The molecule has 0 spiro atoms. The summed E-state index contributed by atoms with van der Waals surface area (Å²) in [5, 5.41) is 6.03. The van der Waals surface area contributed by atoms with E-state index in [0.717, 1.165) is 61.3 Å². The van der Waals surface area contributed by atoms with Crippen LogP contribution >= 0.6 is 0 Å². The van der Waals surface area contributed by atoms with Crippen LogP contribution in [0.25, 0.3) is 72.1 Å². The minimum absolute atomic E-state index is 0. The van der Waals surface area contributed by atoms with Crippen molar-refractivity contribution in [3.8, 4) is 28.3 Å². The number of fused-ring (bicyclic) bond motifs is 5. The molecule has 3 aromatic heterocycles. The third-order valence-electron chi connectivity index (χ3n) is 9.28. The van der Waals surface area contributed by atoms with Gasteiger partial charge >= 0.3 is 0 Å². The average Bonchev–Trinajstić information content (AvgIpc) is 3.70. The van der Waals surface area contributed by atoms with Gasteiger partial charge in [-0.2, -0.15) is 0 Å². The molecule has 3 heterocycles. The zero-order chi connectivity index (χ0) is 34.4. The first-order chi connectivity index (χ1) is 24.2. The summed E-state index contributed by atoms with van der Waals surface area (Å²) in [5.74, 6) is 0.825. The molecule has 0 unspecified atom stereocenters. The van der Waals surface area contributed by atoms with Gasteiger partial charge in [0.05, 0.1) is 30.5 Å². The van der Waals surface area contributed by atoms with Crippen LogP contribution in [-0.2, 0) is 20.1 Å². The van der Waals surface area contributed by atoms with Crippen molar-refractivity contribution in [1.29, 1.82) is 0 Å². The summed E-state index contributed by atoms with van der Waals surface area (Å²) in [6.45, 7) is 11.3. The minimum atomic E-state index is -1.28. The molecule has 9 rings (SSSR count). The number of aromatic nitrogens is 3. The first-order valence-electron chi connectivity index (χ1n) is 17.0. The number of aryl methyl sites for hydroxylation is 2. The predicted molar refractivity (Wildman–Crippen MR) is 211 cm³/mol. The maximum absolute atomic E-state index is 6.31. The first kappa shape index (κ1) is 34.3. The van der Waals surface area contributed by atoms with E-state index < -0.39 is 8.07 Å². The van der Waals surface area contributed by atoms with E-state index >= 15 is 0 Å².